The molecule has 0 aromatic carbocycles. The minimum absolute atomic E-state index is 0.837. The Labute approximate surface area is 114 Å². The van der Waals surface area contributed by atoms with E-state index in [9.17, 15) is 0 Å². The predicted molar refractivity (Wildman–Crippen MR) is 84.7 cm³/mol. The molecule has 1 heterocycles. The van der Waals surface area contributed by atoms with E-state index in [1.54, 1.807) is 5.57 Å². The summed E-state index contributed by atoms with van der Waals surface area (Å²) in [6.45, 7) is 4.38. The van der Waals surface area contributed by atoms with Crippen molar-refractivity contribution in [3.63, 3.8) is 0 Å². The summed E-state index contributed by atoms with van der Waals surface area (Å²) in [7, 11) is 1.25. The first-order valence-electron chi connectivity index (χ1n) is 7.18. The maximum Gasteiger partial charge on any atom is 0.0144 e. The summed E-state index contributed by atoms with van der Waals surface area (Å²) in [4.78, 5) is 0. The zero-order valence-corrected chi connectivity index (χ0v) is 12.9. The number of hydrogen-bond donors (Lipinski definition) is 1. The van der Waals surface area contributed by atoms with Crippen molar-refractivity contribution in [1.82, 2.24) is 4.72 Å². The Hall–Kier alpha value is -0.470. The fraction of sp³-hybridized carbons (Fsp3) is 0.625. The van der Waals surface area contributed by atoms with Gasteiger partial charge < -0.3 is 0 Å². The Balaban J connectivity index is 2.08. The van der Waals surface area contributed by atoms with Gasteiger partial charge in [0.05, 0.1) is 0 Å². The summed E-state index contributed by atoms with van der Waals surface area (Å²) >= 11 is 0. The van der Waals surface area contributed by atoms with Crippen LogP contribution in [0.3, 0.4) is 0 Å². The van der Waals surface area contributed by atoms with E-state index in [2.05, 4.69) is 48.6 Å². The van der Waals surface area contributed by atoms with Gasteiger partial charge in [-0.2, -0.15) is 0 Å². The number of nitrogens with one attached hydrogen (secondary N) is 1. The van der Waals surface area contributed by atoms with E-state index in [0.29, 0.717) is 0 Å². The minimum atomic E-state index is -0.862. The molecule has 1 aliphatic heterocycles. The van der Waals surface area contributed by atoms with E-state index in [4.69, 9.17) is 0 Å². The molecule has 0 bridgehead atoms. The van der Waals surface area contributed by atoms with E-state index in [1.807, 2.05) is 0 Å². The first kappa shape index (κ1) is 14.0. The molecule has 0 aromatic rings. The van der Waals surface area contributed by atoms with Crippen molar-refractivity contribution in [2.45, 2.75) is 46.0 Å². The maximum atomic E-state index is 3.58. The molecule has 1 atom stereocenters. The largest absolute Gasteiger partial charge is 0.277 e. The first-order valence-corrected chi connectivity index (χ1v) is 9.11. The van der Waals surface area contributed by atoms with Crippen molar-refractivity contribution in [1.29, 1.82) is 0 Å². The molecule has 1 saturated carbocycles. The van der Waals surface area contributed by atoms with Crippen molar-refractivity contribution in [2.75, 3.05) is 12.8 Å². The molecule has 1 N–H and O–H groups in total. The highest BCUT2D eigenvalue weighted by atomic mass is 32.3. The Morgan fingerprint density at radius 2 is 2.06 bits per heavy atom. The van der Waals surface area contributed by atoms with Crippen molar-refractivity contribution in [2.24, 2.45) is 5.92 Å². The van der Waals surface area contributed by atoms with Crippen LogP contribution in [0.15, 0.2) is 34.1 Å². The molecule has 0 amide bonds. The SMILES string of the molecule is CNS1(CC=C(C)C)C=CC(C2CCCCC2)=C1. The van der Waals surface area contributed by atoms with Crippen LogP contribution < -0.4 is 4.72 Å². The lowest BCUT2D eigenvalue weighted by Gasteiger charge is -2.30. The molecule has 2 rings (SSSR count). The molecule has 18 heavy (non-hydrogen) atoms. The fourth-order valence-corrected chi connectivity index (χ4v) is 5.28. The van der Waals surface area contributed by atoms with Gasteiger partial charge in [0.25, 0.3) is 0 Å². The van der Waals surface area contributed by atoms with Gasteiger partial charge in [0.15, 0.2) is 0 Å². The molecule has 1 nitrogen and oxygen atoms in total. The maximum absolute atomic E-state index is 3.58. The smallest absolute Gasteiger partial charge is 0.0144 e. The number of allylic oxidation sites excluding steroid dienone is 3. The Kier molecular flexibility index (Phi) is 4.74. The van der Waals surface area contributed by atoms with Crippen molar-refractivity contribution in [3.05, 3.63) is 34.1 Å². The lowest BCUT2D eigenvalue weighted by molar-refractivity contribution is 0.409. The Morgan fingerprint density at radius 1 is 1.33 bits per heavy atom. The third-order valence-electron chi connectivity index (χ3n) is 4.07. The second-order valence-electron chi connectivity index (χ2n) is 5.76. The summed E-state index contributed by atoms with van der Waals surface area (Å²) in [6, 6.07) is 0. The second-order valence-corrected chi connectivity index (χ2v) is 8.71. The summed E-state index contributed by atoms with van der Waals surface area (Å²) in [6.07, 6.45) is 11.9. The highest BCUT2D eigenvalue weighted by Crippen LogP contribution is 2.53. The average Bonchev–Trinajstić information content (AvgIpc) is 2.83. The highest BCUT2D eigenvalue weighted by Gasteiger charge is 2.25. The average molecular weight is 265 g/mol. The van der Waals surface area contributed by atoms with Crippen LogP contribution in [0.4, 0.5) is 0 Å². The molecule has 2 aliphatic rings. The second kappa shape index (κ2) is 6.12. The van der Waals surface area contributed by atoms with E-state index >= 15 is 0 Å². The van der Waals surface area contributed by atoms with E-state index < -0.39 is 10.2 Å². The number of rotatable bonds is 4. The van der Waals surface area contributed by atoms with Crippen LogP contribution in [0.5, 0.6) is 0 Å². The van der Waals surface area contributed by atoms with Crippen LogP contribution in [-0.4, -0.2) is 12.8 Å². The third-order valence-corrected chi connectivity index (χ3v) is 6.87. The summed E-state index contributed by atoms with van der Waals surface area (Å²) in [5.74, 6) is 1.99. The number of hydrogen-bond acceptors (Lipinski definition) is 1. The fourth-order valence-electron chi connectivity index (χ4n) is 2.81. The third kappa shape index (κ3) is 3.30. The summed E-state index contributed by atoms with van der Waals surface area (Å²) in [5.41, 5.74) is 3.03. The van der Waals surface area contributed by atoms with Gasteiger partial charge in [-0.15, -0.1) is 10.2 Å². The molecule has 1 aliphatic carbocycles. The lowest BCUT2D eigenvalue weighted by atomic mass is 9.84. The zero-order valence-electron chi connectivity index (χ0n) is 12.0. The molecule has 1 unspecified atom stereocenters. The Morgan fingerprint density at radius 3 is 2.67 bits per heavy atom. The van der Waals surface area contributed by atoms with Gasteiger partial charge in [-0.25, -0.2) is 0 Å². The van der Waals surface area contributed by atoms with Crippen LogP contribution in [0.1, 0.15) is 46.0 Å². The van der Waals surface area contributed by atoms with Crippen LogP contribution in [-0.2, 0) is 0 Å². The predicted octanol–water partition coefficient (Wildman–Crippen LogP) is 4.88. The van der Waals surface area contributed by atoms with Gasteiger partial charge in [0.2, 0.25) is 0 Å². The van der Waals surface area contributed by atoms with Crippen molar-refractivity contribution in [3.8, 4) is 0 Å². The molecule has 0 saturated heterocycles. The van der Waals surface area contributed by atoms with Gasteiger partial charge in [0.1, 0.15) is 0 Å². The summed E-state index contributed by atoms with van der Waals surface area (Å²) in [5, 5.41) is 5.00. The first-order chi connectivity index (χ1) is 8.65. The van der Waals surface area contributed by atoms with Crippen molar-refractivity contribution < 1.29 is 0 Å². The van der Waals surface area contributed by atoms with Crippen LogP contribution in [0, 0.1) is 5.92 Å². The van der Waals surface area contributed by atoms with Crippen molar-refractivity contribution >= 4 is 10.2 Å². The van der Waals surface area contributed by atoms with Crippen LogP contribution in [0.2, 0.25) is 0 Å². The lowest BCUT2D eigenvalue weighted by Crippen LogP contribution is -2.13. The zero-order chi connectivity index (χ0) is 13.0. The molecule has 102 valence electrons. The molecule has 0 spiro atoms. The monoisotopic (exact) mass is 265 g/mol. The topological polar surface area (TPSA) is 12.0 Å². The summed E-state index contributed by atoms with van der Waals surface area (Å²) < 4.78 is 3.58. The van der Waals surface area contributed by atoms with Gasteiger partial charge in [-0.05, 0) is 56.0 Å². The standard InChI is InChI=1S/C16H27NS/c1-14(2)9-11-18(17-3)12-10-16(13-18)15-7-5-4-6-8-15/h9-10,12-13,15,17H,4-8,11H2,1-3H3. The van der Waals surface area contributed by atoms with Crippen LogP contribution in [0.25, 0.3) is 0 Å². The van der Waals surface area contributed by atoms with Gasteiger partial charge in [-0.3, -0.25) is 4.72 Å². The molecule has 0 radical (unpaired) electrons. The quantitative estimate of drug-likeness (QED) is 0.714. The van der Waals surface area contributed by atoms with Gasteiger partial charge >= 0.3 is 0 Å². The Bertz CT molecular complexity index is 371. The molecule has 1 fully saturated rings. The van der Waals surface area contributed by atoms with E-state index in [0.717, 1.165) is 11.7 Å². The van der Waals surface area contributed by atoms with Gasteiger partial charge in [0, 0.05) is 5.75 Å². The molecule has 0 aromatic heterocycles. The highest BCUT2D eigenvalue weighted by molar-refractivity contribution is 8.37. The van der Waals surface area contributed by atoms with Crippen LogP contribution >= 0.6 is 10.2 Å². The molecular weight excluding hydrogens is 238 g/mol. The minimum Gasteiger partial charge on any atom is -0.277 e. The van der Waals surface area contributed by atoms with Gasteiger partial charge in [-0.1, -0.05) is 37.0 Å². The van der Waals surface area contributed by atoms with E-state index in [1.165, 1.54) is 37.7 Å². The molecular formula is C16H27NS. The molecule has 2 heteroatoms. The normalized spacial score (nSPS) is 31.8. The van der Waals surface area contributed by atoms with E-state index in [-0.39, 0.29) is 0 Å².